The van der Waals surface area contributed by atoms with Crippen molar-refractivity contribution in [3.8, 4) is 0 Å². The van der Waals surface area contributed by atoms with Crippen molar-refractivity contribution < 1.29 is 9.21 Å². The van der Waals surface area contributed by atoms with Crippen molar-refractivity contribution in [2.24, 2.45) is 5.73 Å². The van der Waals surface area contributed by atoms with Crippen LogP contribution < -0.4 is 11.1 Å². The monoisotopic (exact) mass is 238 g/mol. The van der Waals surface area contributed by atoms with Gasteiger partial charge < -0.3 is 15.5 Å². The molecule has 0 aliphatic carbocycles. The van der Waals surface area contributed by atoms with Gasteiger partial charge >= 0.3 is 0 Å². The Labute approximate surface area is 103 Å². The van der Waals surface area contributed by atoms with E-state index >= 15 is 0 Å². The van der Waals surface area contributed by atoms with Crippen LogP contribution in [0.2, 0.25) is 0 Å². The van der Waals surface area contributed by atoms with E-state index in [0.717, 1.165) is 11.5 Å². The van der Waals surface area contributed by atoms with E-state index in [0.29, 0.717) is 12.8 Å². The van der Waals surface area contributed by atoms with Crippen LogP contribution in [0.1, 0.15) is 51.2 Å². The molecule has 1 amide bonds. The van der Waals surface area contributed by atoms with Gasteiger partial charge in [-0.3, -0.25) is 4.79 Å². The molecule has 0 spiro atoms. The molecule has 1 atom stereocenters. The Balaban J connectivity index is 2.41. The minimum atomic E-state index is -0.304. The van der Waals surface area contributed by atoms with Gasteiger partial charge in [0.25, 0.3) is 0 Å². The lowest BCUT2D eigenvalue weighted by molar-refractivity contribution is -0.122. The van der Waals surface area contributed by atoms with Crippen molar-refractivity contribution in [1.82, 2.24) is 5.32 Å². The van der Waals surface area contributed by atoms with Crippen molar-refractivity contribution in [2.45, 2.75) is 52.1 Å². The van der Waals surface area contributed by atoms with Crippen LogP contribution >= 0.6 is 0 Å². The maximum Gasteiger partial charge on any atom is 0.220 e. The second-order valence-corrected chi connectivity index (χ2v) is 5.23. The van der Waals surface area contributed by atoms with Crippen molar-refractivity contribution in [3.05, 3.63) is 23.7 Å². The Kier molecular flexibility index (Phi) is 4.34. The summed E-state index contributed by atoms with van der Waals surface area (Å²) in [6.07, 6.45) is 1.11. The number of carbonyl (C=O) groups excluding carboxylic acids is 1. The molecule has 0 aliphatic heterocycles. The van der Waals surface area contributed by atoms with Gasteiger partial charge in [-0.15, -0.1) is 0 Å². The van der Waals surface area contributed by atoms with Crippen LogP contribution in [0.15, 0.2) is 16.5 Å². The molecule has 1 unspecified atom stereocenters. The molecule has 4 nitrogen and oxygen atoms in total. The fraction of sp³-hybridized carbons (Fsp3) is 0.615. The van der Waals surface area contributed by atoms with Gasteiger partial charge in [0.05, 0.1) is 6.04 Å². The predicted molar refractivity (Wildman–Crippen MR) is 67.5 cm³/mol. The van der Waals surface area contributed by atoms with E-state index in [1.807, 2.05) is 39.8 Å². The third-order valence-corrected chi connectivity index (χ3v) is 2.56. The van der Waals surface area contributed by atoms with Crippen LogP contribution in [0.5, 0.6) is 0 Å². The summed E-state index contributed by atoms with van der Waals surface area (Å²) in [6.45, 7) is 7.62. The number of aryl methyl sites for hydroxylation is 1. The van der Waals surface area contributed by atoms with Crippen molar-refractivity contribution in [2.75, 3.05) is 0 Å². The first kappa shape index (κ1) is 13.8. The van der Waals surface area contributed by atoms with Gasteiger partial charge in [-0.25, -0.2) is 0 Å². The Morgan fingerprint density at radius 3 is 2.65 bits per heavy atom. The van der Waals surface area contributed by atoms with Gasteiger partial charge in [-0.1, -0.05) is 0 Å². The van der Waals surface area contributed by atoms with Crippen LogP contribution in [0, 0.1) is 6.92 Å². The summed E-state index contributed by atoms with van der Waals surface area (Å²) >= 11 is 0. The summed E-state index contributed by atoms with van der Waals surface area (Å²) < 4.78 is 5.45. The van der Waals surface area contributed by atoms with Crippen molar-refractivity contribution in [1.29, 1.82) is 0 Å². The Bertz CT molecular complexity index is 377. The highest BCUT2D eigenvalue weighted by molar-refractivity contribution is 5.76. The van der Waals surface area contributed by atoms with E-state index in [-0.39, 0.29) is 17.5 Å². The number of nitrogens with one attached hydrogen (secondary N) is 1. The average Bonchev–Trinajstić information content (AvgIpc) is 2.61. The van der Waals surface area contributed by atoms with Crippen LogP contribution in [-0.2, 0) is 4.79 Å². The molecule has 3 N–H and O–H groups in total. The lowest BCUT2D eigenvalue weighted by Crippen LogP contribution is -2.35. The van der Waals surface area contributed by atoms with E-state index in [1.54, 1.807) is 0 Å². The van der Waals surface area contributed by atoms with Gasteiger partial charge in [0.1, 0.15) is 11.5 Å². The second kappa shape index (κ2) is 5.36. The zero-order chi connectivity index (χ0) is 13.1. The zero-order valence-corrected chi connectivity index (χ0v) is 11.0. The number of hydrogen-bond donors (Lipinski definition) is 2. The first-order chi connectivity index (χ1) is 7.78. The van der Waals surface area contributed by atoms with Crippen LogP contribution in [0.25, 0.3) is 0 Å². The molecule has 96 valence electrons. The third kappa shape index (κ3) is 5.04. The van der Waals surface area contributed by atoms with E-state index in [9.17, 15) is 4.79 Å². The molecule has 1 aromatic heterocycles. The van der Waals surface area contributed by atoms with Gasteiger partial charge in [-0.2, -0.15) is 0 Å². The molecule has 4 heteroatoms. The minimum absolute atomic E-state index is 0.00470. The van der Waals surface area contributed by atoms with E-state index < -0.39 is 0 Å². The number of carbonyl (C=O) groups is 1. The predicted octanol–water partition coefficient (Wildman–Crippen LogP) is 2.28. The van der Waals surface area contributed by atoms with Crippen LogP contribution in [-0.4, -0.2) is 11.4 Å². The zero-order valence-electron chi connectivity index (χ0n) is 11.0. The topological polar surface area (TPSA) is 68.3 Å². The molecule has 0 fully saturated rings. The Morgan fingerprint density at radius 1 is 1.53 bits per heavy atom. The van der Waals surface area contributed by atoms with E-state index in [1.165, 1.54) is 0 Å². The van der Waals surface area contributed by atoms with Gasteiger partial charge in [0.2, 0.25) is 5.91 Å². The molecule has 0 bridgehead atoms. The molecule has 0 aromatic carbocycles. The quantitative estimate of drug-likeness (QED) is 0.827. The molecule has 17 heavy (non-hydrogen) atoms. The maximum atomic E-state index is 11.7. The highest BCUT2D eigenvalue weighted by Gasteiger charge is 2.16. The Hall–Kier alpha value is -1.29. The van der Waals surface area contributed by atoms with Crippen molar-refractivity contribution in [3.63, 3.8) is 0 Å². The lowest BCUT2D eigenvalue weighted by atomic mass is 10.00. The summed E-state index contributed by atoms with van der Waals surface area (Å²) in [6, 6.07) is 3.67. The molecule has 1 heterocycles. The largest absolute Gasteiger partial charge is 0.464 e. The lowest BCUT2D eigenvalue weighted by Gasteiger charge is -2.18. The molecular formula is C13H22N2O2. The highest BCUT2D eigenvalue weighted by Crippen LogP contribution is 2.16. The molecule has 0 radical (unpaired) electrons. The highest BCUT2D eigenvalue weighted by atomic mass is 16.3. The summed E-state index contributed by atoms with van der Waals surface area (Å²) in [7, 11) is 0. The first-order valence-corrected chi connectivity index (χ1v) is 5.92. The van der Waals surface area contributed by atoms with Crippen LogP contribution in [0.4, 0.5) is 0 Å². The number of furan rings is 1. The van der Waals surface area contributed by atoms with Gasteiger partial charge in [0.15, 0.2) is 0 Å². The third-order valence-electron chi connectivity index (χ3n) is 2.56. The molecule has 0 saturated heterocycles. The fourth-order valence-corrected chi connectivity index (χ4v) is 1.51. The summed E-state index contributed by atoms with van der Waals surface area (Å²) in [4.78, 5) is 11.7. The average molecular weight is 238 g/mol. The molecule has 1 aromatic rings. The number of rotatable bonds is 5. The second-order valence-electron chi connectivity index (χ2n) is 5.23. The number of nitrogens with two attached hydrogens (primary N) is 1. The minimum Gasteiger partial charge on any atom is -0.464 e. The maximum absolute atomic E-state index is 11.7. The summed E-state index contributed by atoms with van der Waals surface area (Å²) in [5, 5.41) is 2.89. The molecule has 0 saturated carbocycles. The number of hydrogen-bond acceptors (Lipinski definition) is 3. The van der Waals surface area contributed by atoms with Gasteiger partial charge in [-0.05, 0) is 46.2 Å². The number of amides is 1. The fourth-order valence-electron chi connectivity index (χ4n) is 1.51. The smallest absolute Gasteiger partial charge is 0.220 e. The summed E-state index contributed by atoms with van der Waals surface area (Å²) in [5.74, 6) is 1.64. The Morgan fingerprint density at radius 2 is 2.18 bits per heavy atom. The van der Waals surface area contributed by atoms with E-state index in [4.69, 9.17) is 10.2 Å². The van der Waals surface area contributed by atoms with E-state index in [2.05, 4.69) is 5.32 Å². The van der Waals surface area contributed by atoms with Crippen molar-refractivity contribution >= 4 is 5.91 Å². The van der Waals surface area contributed by atoms with Gasteiger partial charge in [0, 0.05) is 12.0 Å². The molecule has 1 rings (SSSR count). The first-order valence-electron chi connectivity index (χ1n) is 5.92. The standard InChI is InChI=1S/C13H22N2O2/c1-9-5-6-11(17-9)10(2)15-12(16)7-8-13(3,4)14/h5-6,10H,7-8,14H2,1-4H3,(H,15,16). The van der Waals surface area contributed by atoms with Crippen LogP contribution in [0.3, 0.4) is 0 Å². The molecule has 0 aliphatic rings. The SMILES string of the molecule is Cc1ccc(C(C)NC(=O)CCC(C)(C)N)o1. The normalized spacial score (nSPS) is 13.5. The molecular weight excluding hydrogens is 216 g/mol. The summed E-state index contributed by atoms with van der Waals surface area (Å²) in [5.41, 5.74) is 5.53.